The summed E-state index contributed by atoms with van der Waals surface area (Å²) in [5.41, 5.74) is 2.76. The van der Waals surface area contributed by atoms with Crippen LogP contribution >= 0.6 is 11.6 Å². The Bertz CT molecular complexity index is 3800. The summed E-state index contributed by atoms with van der Waals surface area (Å²) >= 11 is 6.14. The summed E-state index contributed by atoms with van der Waals surface area (Å²) in [4.78, 5) is 40.7. The minimum absolute atomic E-state index is 0.0594. The van der Waals surface area contributed by atoms with Gasteiger partial charge in [-0.15, -0.1) is 20.5 Å². The van der Waals surface area contributed by atoms with Crippen LogP contribution in [0, 0.1) is 6.92 Å². The van der Waals surface area contributed by atoms with Gasteiger partial charge in [0.15, 0.2) is 27.0 Å². The molecule has 3 heterocycles. The fraction of sp³-hybridized carbons (Fsp3) is 0.0882. The molecule has 0 fully saturated rings. The zero-order chi connectivity index (χ0) is 47.2. The van der Waals surface area contributed by atoms with Gasteiger partial charge in [0.05, 0.1) is 34.3 Å². The standard InChI is InChI=1S/C34H27ClN12O14S4/c1-17-27(44-42-23-11-13-25(63(52,53)54)22-5-3-2-4-21(22)23)30(48)47-29(36)28(31(49)46(17)47)45-43-24-16-19(8-12-26(24)64(55,56)57)38-34-40-32(35)39-33(41-34)37-18-6-9-20(10-7-18)62(50,51)15-14-61-65(58,59)60/h2-13,16H,14-15,36H2,1H3,(H,52,53,54)(H,55,56,57)(H,58,59,60)(H2,37,38,39,40,41). The molecular weight excluding hydrogens is 964 g/mol. The van der Waals surface area contributed by atoms with Crippen molar-refractivity contribution < 1.29 is 51.5 Å². The molecule has 0 atom stereocenters. The van der Waals surface area contributed by atoms with Crippen LogP contribution in [0.25, 0.3) is 10.8 Å². The maximum absolute atomic E-state index is 13.6. The molecule has 0 aliphatic carbocycles. The molecule has 0 spiro atoms. The molecule has 3 aromatic heterocycles. The van der Waals surface area contributed by atoms with Crippen molar-refractivity contribution in [3.8, 4) is 0 Å². The number of hydrogen-bond acceptors (Lipinski definition) is 20. The van der Waals surface area contributed by atoms with E-state index in [1.807, 2.05) is 0 Å². The molecule has 7 rings (SSSR count). The Morgan fingerprint density at radius 1 is 0.754 bits per heavy atom. The number of benzene rings is 4. The summed E-state index contributed by atoms with van der Waals surface area (Å²) < 4.78 is 129. The number of nitrogens with one attached hydrogen (secondary N) is 2. The average Bonchev–Trinajstić information content (AvgIpc) is 3.61. The van der Waals surface area contributed by atoms with E-state index in [0.717, 1.165) is 33.3 Å². The lowest BCUT2D eigenvalue weighted by Crippen LogP contribution is -2.16. The van der Waals surface area contributed by atoms with Crippen molar-refractivity contribution in [3.05, 3.63) is 116 Å². The number of nitrogen functional groups attached to an aromatic ring is 1. The topological polar surface area (TPSA) is 391 Å². The Morgan fingerprint density at radius 3 is 2.02 bits per heavy atom. The quantitative estimate of drug-likeness (QED) is 0.0664. The van der Waals surface area contributed by atoms with Crippen molar-refractivity contribution in [1.29, 1.82) is 0 Å². The molecule has 0 aliphatic heterocycles. The highest BCUT2D eigenvalue weighted by Crippen LogP contribution is 2.34. The van der Waals surface area contributed by atoms with Crippen LogP contribution in [-0.4, -0.2) is 83.7 Å². The van der Waals surface area contributed by atoms with Gasteiger partial charge in [-0.3, -0.25) is 28.2 Å². The molecule has 7 aromatic rings. The Hall–Kier alpha value is -6.90. The van der Waals surface area contributed by atoms with Gasteiger partial charge in [-0.1, -0.05) is 24.3 Å². The zero-order valence-electron chi connectivity index (χ0n) is 32.4. The van der Waals surface area contributed by atoms with Gasteiger partial charge in [-0.2, -0.15) is 39.7 Å². The van der Waals surface area contributed by atoms with Gasteiger partial charge in [-0.05, 0) is 73.1 Å². The number of aromatic nitrogens is 5. The van der Waals surface area contributed by atoms with Crippen molar-refractivity contribution >= 4 is 109 Å². The minimum Gasteiger partial charge on any atom is -0.382 e. The largest absolute Gasteiger partial charge is 0.397 e. The maximum Gasteiger partial charge on any atom is 0.397 e. The Kier molecular flexibility index (Phi) is 12.2. The number of rotatable bonds is 14. The number of H-pyrrole nitrogens is 1. The van der Waals surface area contributed by atoms with Crippen LogP contribution in [0.5, 0.6) is 0 Å². The third-order valence-electron chi connectivity index (χ3n) is 8.92. The van der Waals surface area contributed by atoms with E-state index in [4.69, 9.17) is 21.9 Å². The van der Waals surface area contributed by atoms with E-state index in [0.29, 0.717) is 0 Å². The van der Waals surface area contributed by atoms with Crippen LogP contribution in [0.2, 0.25) is 5.28 Å². The molecule has 0 unspecified atom stereocenters. The predicted octanol–water partition coefficient (Wildman–Crippen LogP) is 3.91. The van der Waals surface area contributed by atoms with Crippen molar-refractivity contribution in [2.45, 2.75) is 21.6 Å². The van der Waals surface area contributed by atoms with Gasteiger partial charge in [-0.25, -0.2) is 22.1 Å². The van der Waals surface area contributed by atoms with Crippen LogP contribution in [0.15, 0.2) is 129 Å². The highest BCUT2D eigenvalue weighted by Gasteiger charge is 2.25. The third-order valence-corrected chi connectivity index (χ3v) is 13.1. The molecule has 0 radical (unpaired) electrons. The average molecular weight is 991 g/mol. The van der Waals surface area contributed by atoms with Crippen LogP contribution < -0.4 is 27.8 Å². The number of halogens is 1. The molecule has 26 nitrogen and oxygen atoms in total. The summed E-state index contributed by atoms with van der Waals surface area (Å²) in [6, 6.07) is 16.5. The first kappa shape index (κ1) is 46.1. The highest BCUT2D eigenvalue weighted by molar-refractivity contribution is 7.91. The SMILES string of the molecule is Cc1c(N=Nc2ccc(S(=O)(=O)O)c3ccccc23)c(=O)n2c(N)c(N=Nc3cc(N=c4nc(Nc5ccc(S(=O)(=O)CCOS(=O)(=O)O)cc5)nc(Cl)[nH]4)ccc3S(=O)(=O)O)c(=O)n12. The second-order valence-electron chi connectivity index (χ2n) is 13.1. The second kappa shape index (κ2) is 17.2. The highest BCUT2D eigenvalue weighted by atomic mass is 35.5. The van der Waals surface area contributed by atoms with E-state index < -0.39 is 86.0 Å². The predicted molar refractivity (Wildman–Crippen MR) is 228 cm³/mol. The van der Waals surface area contributed by atoms with Gasteiger partial charge in [0.1, 0.15) is 15.5 Å². The van der Waals surface area contributed by atoms with E-state index in [1.54, 1.807) is 6.07 Å². The maximum atomic E-state index is 13.6. The van der Waals surface area contributed by atoms with Gasteiger partial charge in [0.25, 0.3) is 20.2 Å². The number of anilines is 3. The summed E-state index contributed by atoms with van der Waals surface area (Å²) in [7, 11) is -18.4. The lowest BCUT2D eigenvalue weighted by Gasteiger charge is -2.07. The van der Waals surface area contributed by atoms with Crippen LogP contribution in [-0.2, 0) is 44.7 Å². The van der Waals surface area contributed by atoms with Crippen LogP contribution in [0.3, 0.4) is 0 Å². The van der Waals surface area contributed by atoms with E-state index in [-0.39, 0.29) is 65.9 Å². The van der Waals surface area contributed by atoms with Gasteiger partial charge in [0.2, 0.25) is 16.9 Å². The molecule has 65 heavy (non-hydrogen) atoms. The summed E-state index contributed by atoms with van der Waals surface area (Å²) in [5.74, 6) is -1.47. The Labute approximate surface area is 369 Å². The second-order valence-corrected chi connectivity index (χ2v) is 19.5. The van der Waals surface area contributed by atoms with Gasteiger partial charge in [0, 0.05) is 16.5 Å². The molecule has 0 bridgehead atoms. The van der Waals surface area contributed by atoms with Gasteiger partial charge < -0.3 is 11.1 Å². The number of nitrogens with zero attached hydrogens (tertiary/aromatic N) is 9. The van der Waals surface area contributed by atoms with E-state index in [9.17, 15) is 52.4 Å². The van der Waals surface area contributed by atoms with Crippen molar-refractivity contribution in [2.75, 3.05) is 23.4 Å². The van der Waals surface area contributed by atoms with Gasteiger partial charge >= 0.3 is 21.5 Å². The fourth-order valence-electron chi connectivity index (χ4n) is 6.06. The van der Waals surface area contributed by atoms with Crippen LogP contribution in [0.1, 0.15) is 5.69 Å². The van der Waals surface area contributed by atoms with Crippen molar-refractivity contribution in [1.82, 2.24) is 24.0 Å². The molecule has 4 aromatic carbocycles. The molecule has 0 saturated carbocycles. The Morgan fingerprint density at radius 2 is 1.37 bits per heavy atom. The number of nitrogens with two attached hydrogens (primary N) is 1. The number of hydrogen-bond donors (Lipinski definition) is 6. The first-order valence-electron chi connectivity index (χ1n) is 17.7. The lowest BCUT2D eigenvalue weighted by molar-refractivity contribution is 0.284. The van der Waals surface area contributed by atoms with Crippen molar-refractivity contribution in [3.63, 3.8) is 0 Å². The fourth-order valence-corrected chi connectivity index (χ4v) is 9.02. The molecule has 31 heteroatoms. The summed E-state index contributed by atoms with van der Waals surface area (Å²) in [5, 5.41) is 18.7. The molecule has 0 amide bonds. The molecule has 7 N–H and O–H groups in total. The third kappa shape index (κ3) is 9.93. The number of fused-ring (bicyclic) bond motifs is 2. The summed E-state index contributed by atoms with van der Waals surface area (Å²) in [6.07, 6.45) is 0. The summed E-state index contributed by atoms with van der Waals surface area (Å²) in [6.45, 7) is 0.519. The number of aromatic amines is 1. The first-order valence-corrected chi connectivity index (χ1v) is 23.9. The first-order chi connectivity index (χ1) is 30.4. The number of aryl methyl sites for hydroxylation is 1. The lowest BCUT2D eigenvalue weighted by atomic mass is 10.1. The van der Waals surface area contributed by atoms with Crippen molar-refractivity contribution in [2.24, 2.45) is 25.4 Å². The van der Waals surface area contributed by atoms with E-state index in [1.165, 1.54) is 55.5 Å². The number of sulfone groups is 1. The smallest absolute Gasteiger partial charge is 0.382 e. The Balaban J connectivity index is 1.17. The zero-order valence-corrected chi connectivity index (χ0v) is 36.4. The molecule has 338 valence electrons. The minimum atomic E-state index is -4.98. The monoisotopic (exact) mass is 990 g/mol. The molecular formula is C34H27ClN12O14S4. The molecule has 0 saturated heterocycles. The van der Waals surface area contributed by atoms with Crippen LogP contribution in [0.4, 0.5) is 45.9 Å². The number of azo groups is 2. The molecule has 0 aliphatic rings. The van der Waals surface area contributed by atoms with E-state index in [2.05, 4.69) is 49.9 Å². The normalized spacial score (nSPS) is 13.2. The van der Waals surface area contributed by atoms with E-state index >= 15 is 0 Å².